The molecule has 2 atom stereocenters. The lowest BCUT2D eigenvalue weighted by Gasteiger charge is -2.02. The maximum absolute atomic E-state index is 5.51. The molecule has 1 aromatic carbocycles. The molecule has 0 N–H and O–H groups in total. The van der Waals surface area contributed by atoms with Crippen LogP contribution in [0.1, 0.15) is 6.92 Å². The first-order valence-electron chi connectivity index (χ1n) is 4.55. The van der Waals surface area contributed by atoms with Crippen molar-refractivity contribution in [2.24, 2.45) is 0 Å². The van der Waals surface area contributed by atoms with Crippen LogP contribution in [0.25, 0.3) is 0 Å². The van der Waals surface area contributed by atoms with Crippen molar-refractivity contribution >= 4 is 0 Å². The molecule has 2 aliphatic heterocycles. The number of rotatable bonds is 2. The molecule has 0 amide bonds. The molecule has 0 aromatic heterocycles. The number of hydrogen-bond acceptors (Lipinski definition) is 4. The Hall–Kier alpha value is -1.42. The molecule has 2 unspecified atom stereocenters. The van der Waals surface area contributed by atoms with E-state index in [0.717, 1.165) is 17.2 Å². The molecule has 1 aromatic rings. The highest BCUT2D eigenvalue weighted by Gasteiger charge is 2.36. The van der Waals surface area contributed by atoms with Gasteiger partial charge < -0.3 is 18.9 Å². The molecule has 1 saturated heterocycles. The first-order chi connectivity index (χ1) is 6.83. The minimum atomic E-state index is -0.102. The van der Waals surface area contributed by atoms with Crippen molar-refractivity contribution in [1.29, 1.82) is 0 Å². The quantitative estimate of drug-likeness (QED) is 0.669. The van der Waals surface area contributed by atoms with Crippen LogP contribution in [-0.4, -0.2) is 19.2 Å². The highest BCUT2D eigenvalue weighted by atomic mass is 16.8. The predicted octanol–water partition coefficient (Wildman–Crippen LogP) is 1.54. The van der Waals surface area contributed by atoms with Gasteiger partial charge in [0.2, 0.25) is 13.1 Å². The lowest BCUT2D eigenvalue weighted by molar-refractivity contribution is 0.171. The Morgan fingerprint density at radius 3 is 2.86 bits per heavy atom. The van der Waals surface area contributed by atoms with Crippen molar-refractivity contribution in [3.63, 3.8) is 0 Å². The first kappa shape index (κ1) is 7.94. The summed E-state index contributed by atoms with van der Waals surface area (Å²) in [5.41, 5.74) is 0. The lowest BCUT2D eigenvalue weighted by Crippen LogP contribution is -2.00. The highest BCUT2D eigenvalue weighted by molar-refractivity contribution is 5.46. The summed E-state index contributed by atoms with van der Waals surface area (Å²) >= 11 is 0. The molecule has 3 rings (SSSR count). The molecule has 74 valence electrons. The third-order valence-corrected chi connectivity index (χ3v) is 2.25. The van der Waals surface area contributed by atoms with Gasteiger partial charge in [-0.25, -0.2) is 0 Å². The molecule has 4 heteroatoms. The van der Waals surface area contributed by atoms with E-state index in [2.05, 4.69) is 0 Å². The molecule has 0 bridgehead atoms. The monoisotopic (exact) mass is 194 g/mol. The number of benzene rings is 1. The van der Waals surface area contributed by atoms with Crippen molar-refractivity contribution in [2.45, 2.75) is 19.3 Å². The van der Waals surface area contributed by atoms with Crippen LogP contribution >= 0.6 is 0 Å². The third kappa shape index (κ3) is 1.28. The van der Waals surface area contributed by atoms with Crippen molar-refractivity contribution in [3.05, 3.63) is 18.2 Å². The molecule has 0 radical (unpaired) electrons. The minimum Gasteiger partial charge on any atom is -0.462 e. The highest BCUT2D eigenvalue weighted by Crippen LogP contribution is 2.36. The molecule has 0 aliphatic carbocycles. The molecule has 0 saturated carbocycles. The largest absolute Gasteiger partial charge is 0.462 e. The normalized spacial score (nSPS) is 27.5. The van der Waals surface area contributed by atoms with Crippen LogP contribution < -0.4 is 14.2 Å². The lowest BCUT2D eigenvalue weighted by atomic mass is 10.3. The van der Waals surface area contributed by atoms with Gasteiger partial charge in [0, 0.05) is 6.07 Å². The van der Waals surface area contributed by atoms with Gasteiger partial charge in [-0.05, 0) is 19.1 Å². The van der Waals surface area contributed by atoms with Crippen molar-refractivity contribution in [3.8, 4) is 17.2 Å². The summed E-state index contributed by atoms with van der Waals surface area (Å²) in [6.45, 7) is 2.26. The van der Waals surface area contributed by atoms with Crippen LogP contribution in [-0.2, 0) is 4.74 Å². The minimum absolute atomic E-state index is 0.102. The van der Waals surface area contributed by atoms with Gasteiger partial charge in [-0.3, -0.25) is 0 Å². The van der Waals surface area contributed by atoms with Gasteiger partial charge in [0.1, 0.15) is 11.9 Å². The number of fused-ring (bicyclic) bond motifs is 1. The van der Waals surface area contributed by atoms with E-state index >= 15 is 0 Å². The Balaban J connectivity index is 1.79. The Kier molecular flexibility index (Phi) is 1.58. The second kappa shape index (κ2) is 2.78. The summed E-state index contributed by atoms with van der Waals surface area (Å²) in [6.07, 6.45) is 0.0933. The maximum atomic E-state index is 5.51. The molecular formula is C10H10O4. The fourth-order valence-electron chi connectivity index (χ4n) is 1.37. The van der Waals surface area contributed by atoms with Crippen molar-refractivity contribution in [1.82, 2.24) is 0 Å². The number of hydrogen-bond donors (Lipinski definition) is 0. The van der Waals surface area contributed by atoms with Gasteiger partial charge in [-0.1, -0.05) is 0 Å². The van der Waals surface area contributed by atoms with Gasteiger partial charge in [0.05, 0.1) is 0 Å². The molecule has 0 spiro atoms. The smallest absolute Gasteiger partial charge is 0.231 e. The van der Waals surface area contributed by atoms with Gasteiger partial charge in [-0.2, -0.15) is 0 Å². The zero-order valence-corrected chi connectivity index (χ0v) is 7.73. The van der Waals surface area contributed by atoms with E-state index in [1.54, 1.807) is 0 Å². The van der Waals surface area contributed by atoms with E-state index in [1.165, 1.54) is 0 Å². The van der Waals surface area contributed by atoms with Crippen LogP contribution in [0.5, 0.6) is 17.2 Å². The fraction of sp³-hybridized carbons (Fsp3) is 0.400. The van der Waals surface area contributed by atoms with Gasteiger partial charge >= 0.3 is 0 Å². The van der Waals surface area contributed by atoms with Crippen molar-refractivity contribution in [2.75, 3.05) is 6.79 Å². The topological polar surface area (TPSA) is 40.2 Å². The second-order valence-corrected chi connectivity index (χ2v) is 3.34. The van der Waals surface area contributed by atoms with Gasteiger partial charge in [0.25, 0.3) is 0 Å². The zero-order valence-electron chi connectivity index (χ0n) is 7.73. The summed E-state index contributed by atoms with van der Waals surface area (Å²) in [5, 5.41) is 0. The fourth-order valence-corrected chi connectivity index (χ4v) is 1.37. The summed E-state index contributed by atoms with van der Waals surface area (Å²) in [6, 6.07) is 5.50. The van der Waals surface area contributed by atoms with E-state index < -0.39 is 0 Å². The van der Waals surface area contributed by atoms with E-state index in [0.29, 0.717) is 0 Å². The van der Waals surface area contributed by atoms with Gasteiger partial charge in [0.15, 0.2) is 11.5 Å². The van der Waals surface area contributed by atoms with Crippen LogP contribution in [0.3, 0.4) is 0 Å². The van der Waals surface area contributed by atoms with E-state index in [-0.39, 0.29) is 19.2 Å². The number of ether oxygens (including phenoxy) is 4. The van der Waals surface area contributed by atoms with E-state index in [9.17, 15) is 0 Å². The third-order valence-electron chi connectivity index (χ3n) is 2.25. The maximum Gasteiger partial charge on any atom is 0.231 e. The molecule has 2 aliphatic rings. The summed E-state index contributed by atoms with van der Waals surface area (Å²) < 4.78 is 21.1. The summed E-state index contributed by atoms with van der Waals surface area (Å²) in [5.74, 6) is 2.25. The van der Waals surface area contributed by atoms with Crippen LogP contribution in [0, 0.1) is 0 Å². The second-order valence-electron chi connectivity index (χ2n) is 3.34. The molecule has 14 heavy (non-hydrogen) atoms. The average molecular weight is 194 g/mol. The van der Waals surface area contributed by atoms with Crippen molar-refractivity contribution < 1.29 is 18.9 Å². The first-order valence-corrected chi connectivity index (χ1v) is 4.55. The molecule has 2 heterocycles. The summed E-state index contributed by atoms with van der Waals surface area (Å²) in [4.78, 5) is 0. The number of epoxide rings is 1. The van der Waals surface area contributed by atoms with Crippen LogP contribution in [0.2, 0.25) is 0 Å². The average Bonchev–Trinajstić information content (AvgIpc) is 2.70. The molecule has 4 nitrogen and oxygen atoms in total. The Morgan fingerprint density at radius 1 is 1.29 bits per heavy atom. The Bertz CT molecular complexity index is 363. The zero-order chi connectivity index (χ0) is 9.54. The Labute approximate surface area is 81.3 Å². The standard InChI is InChI=1S/C10H10O4/c1-6-10(13-6)14-7-2-3-8-9(4-7)12-5-11-8/h2-4,6,10H,5H2,1H3. The predicted molar refractivity (Wildman–Crippen MR) is 47.5 cm³/mol. The van der Waals surface area contributed by atoms with E-state index in [4.69, 9.17) is 18.9 Å². The Morgan fingerprint density at radius 2 is 2.07 bits per heavy atom. The van der Waals surface area contributed by atoms with Crippen LogP contribution in [0.4, 0.5) is 0 Å². The SMILES string of the molecule is CC1OC1Oc1ccc2c(c1)OCO2. The van der Waals surface area contributed by atoms with Gasteiger partial charge in [-0.15, -0.1) is 0 Å². The van der Waals surface area contributed by atoms with E-state index in [1.807, 2.05) is 25.1 Å². The molecular weight excluding hydrogens is 184 g/mol. The van der Waals surface area contributed by atoms with Crippen LogP contribution in [0.15, 0.2) is 18.2 Å². The molecule has 1 fully saturated rings. The summed E-state index contributed by atoms with van der Waals surface area (Å²) in [7, 11) is 0.